The third kappa shape index (κ3) is 5.28. The standard InChI is InChI=1S/C11H17N5O3/c1-3-8(2)15-10(17)4-5-12-11-13-6-9(7-14-11)16(18)19/h6-8H,3-5H2,1-2H3,(H,15,17)(H,12,13,14). The zero-order valence-electron chi connectivity index (χ0n) is 10.9. The van der Waals surface area contributed by atoms with Crippen molar-refractivity contribution >= 4 is 17.5 Å². The molecule has 1 rings (SSSR count). The van der Waals surface area contributed by atoms with Crippen molar-refractivity contribution in [2.45, 2.75) is 32.7 Å². The van der Waals surface area contributed by atoms with Crippen LogP contribution in [0.5, 0.6) is 0 Å². The minimum atomic E-state index is -0.566. The fourth-order valence-electron chi connectivity index (χ4n) is 1.24. The van der Waals surface area contributed by atoms with Gasteiger partial charge in [0.15, 0.2) is 0 Å². The maximum atomic E-state index is 11.5. The number of rotatable bonds is 7. The summed E-state index contributed by atoms with van der Waals surface area (Å²) in [6.07, 6.45) is 3.42. The van der Waals surface area contributed by atoms with Crippen molar-refractivity contribution in [3.8, 4) is 0 Å². The Hall–Kier alpha value is -2.25. The SMILES string of the molecule is CCC(C)NC(=O)CCNc1ncc([N+](=O)[O-])cn1. The molecule has 0 saturated heterocycles. The zero-order chi connectivity index (χ0) is 14.3. The average molecular weight is 267 g/mol. The highest BCUT2D eigenvalue weighted by Crippen LogP contribution is 2.07. The van der Waals surface area contributed by atoms with Gasteiger partial charge in [-0.05, 0) is 13.3 Å². The van der Waals surface area contributed by atoms with Crippen LogP contribution < -0.4 is 10.6 Å². The van der Waals surface area contributed by atoms with Gasteiger partial charge >= 0.3 is 5.69 Å². The fraction of sp³-hybridized carbons (Fsp3) is 0.545. The average Bonchev–Trinajstić information content (AvgIpc) is 2.39. The summed E-state index contributed by atoms with van der Waals surface area (Å²) >= 11 is 0. The van der Waals surface area contributed by atoms with E-state index in [-0.39, 0.29) is 23.6 Å². The Labute approximate surface area is 110 Å². The van der Waals surface area contributed by atoms with E-state index < -0.39 is 4.92 Å². The molecule has 0 fully saturated rings. The first-order valence-corrected chi connectivity index (χ1v) is 6.02. The molecular formula is C11H17N5O3. The van der Waals surface area contributed by atoms with E-state index in [4.69, 9.17) is 0 Å². The Morgan fingerprint density at radius 2 is 2.11 bits per heavy atom. The number of hydrogen-bond donors (Lipinski definition) is 2. The monoisotopic (exact) mass is 267 g/mol. The molecule has 1 unspecified atom stereocenters. The van der Waals surface area contributed by atoms with Gasteiger partial charge in [-0.25, -0.2) is 9.97 Å². The van der Waals surface area contributed by atoms with Gasteiger partial charge in [-0.3, -0.25) is 14.9 Å². The lowest BCUT2D eigenvalue weighted by Gasteiger charge is -2.11. The first-order chi connectivity index (χ1) is 9.02. The number of aromatic nitrogens is 2. The number of carbonyl (C=O) groups excluding carboxylic acids is 1. The van der Waals surface area contributed by atoms with E-state index in [0.717, 1.165) is 18.8 Å². The molecule has 1 atom stereocenters. The topological polar surface area (TPSA) is 110 Å². The van der Waals surface area contributed by atoms with Crippen LogP contribution in [0.2, 0.25) is 0 Å². The second kappa shape index (κ2) is 7.24. The van der Waals surface area contributed by atoms with Crippen molar-refractivity contribution in [1.82, 2.24) is 15.3 Å². The van der Waals surface area contributed by atoms with Crippen LogP contribution in [0.4, 0.5) is 11.6 Å². The third-order valence-corrected chi connectivity index (χ3v) is 2.50. The van der Waals surface area contributed by atoms with Crippen molar-refractivity contribution in [1.29, 1.82) is 0 Å². The van der Waals surface area contributed by atoms with Crippen molar-refractivity contribution in [3.05, 3.63) is 22.5 Å². The fourth-order valence-corrected chi connectivity index (χ4v) is 1.24. The lowest BCUT2D eigenvalue weighted by molar-refractivity contribution is -0.385. The second-order valence-corrected chi connectivity index (χ2v) is 4.08. The lowest BCUT2D eigenvalue weighted by Crippen LogP contribution is -2.33. The summed E-state index contributed by atoms with van der Waals surface area (Å²) in [6.45, 7) is 4.30. The van der Waals surface area contributed by atoms with Crippen LogP contribution in [-0.2, 0) is 4.79 Å². The van der Waals surface area contributed by atoms with Gasteiger partial charge in [-0.15, -0.1) is 0 Å². The molecule has 1 amide bonds. The van der Waals surface area contributed by atoms with E-state index in [1.807, 2.05) is 13.8 Å². The number of nitrogens with zero attached hydrogens (tertiary/aromatic N) is 3. The van der Waals surface area contributed by atoms with Crippen molar-refractivity contribution < 1.29 is 9.72 Å². The smallest absolute Gasteiger partial charge is 0.305 e. The first kappa shape index (κ1) is 14.8. The minimum Gasteiger partial charge on any atom is -0.354 e. The maximum absolute atomic E-state index is 11.5. The number of nitrogens with one attached hydrogen (secondary N) is 2. The molecule has 0 aliphatic heterocycles. The first-order valence-electron chi connectivity index (χ1n) is 6.02. The van der Waals surface area contributed by atoms with Crippen LogP contribution >= 0.6 is 0 Å². The molecule has 0 saturated carbocycles. The van der Waals surface area contributed by atoms with Crippen LogP contribution in [0.25, 0.3) is 0 Å². The Morgan fingerprint density at radius 1 is 1.47 bits per heavy atom. The highest BCUT2D eigenvalue weighted by atomic mass is 16.6. The van der Waals surface area contributed by atoms with Gasteiger partial charge in [0.25, 0.3) is 0 Å². The normalized spacial score (nSPS) is 11.7. The molecular weight excluding hydrogens is 250 g/mol. The van der Waals surface area contributed by atoms with Gasteiger partial charge in [-0.2, -0.15) is 0 Å². The molecule has 2 N–H and O–H groups in total. The molecule has 0 spiro atoms. The number of anilines is 1. The minimum absolute atomic E-state index is 0.0521. The summed E-state index contributed by atoms with van der Waals surface area (Å²) in [4.78, 5) is 28.9. The van der Waals surface area contributed by atoms with E-state index in [2.05, 4.69) is 20.6 Å². The predicted octanol–water partition coefficient (Wildman–Crippen LogP) is 1.10. The van der Waals surface area contributed by atoms with Crippen LogP contribution in [0, 0.1) is 10.1 Å². The molecule has 104 valence electrons. The van der Waals surface area contributed by atoms with Crippen LogP contribution in [0.1, 0.15) is 26.7 Å². The molecule has 1 heterocycles. The van der Waals surface area contributed by atoms with E-state index in [1.165, 1.54) is 0 Å². The van der Waals surface area contributed by atoms with Gasteiger partial charge in [0.2, 0.25) is 11.9 Å². The summed E-state index contributed by atoms with van der Waals surface area (Å²) in [5.74, 6) is 0.214. The number of nitro groups is 1. The van der Waals surface area contributed by atoms with E-state index in [1.54, 1.807) is 0 Å². The van der Waals surface area contributed by atoms with Crippen LogP contribution in [0.3, 0.4) is 0 Å². The van der Waals surface area contributed by atoms with Gasteiger partial charge in [0.1, 0.15) is 12.4 Å². The Balaban J connectivity index is 2.33. The van der Waals surface area contributed by atoms with Crippen LogP contribution in [0.15, 0.2) is 12.4 Å². The Morgan fingerprint density at radius 3 is 2.63 bits per heavy atom. The zero-order valence-corrected chi connectivity index (χ0v) is 10.9. The quantitative estimate of drug-likeness (QED) is 0.565. The van der Waals surface area contributed by atoms with E-state index >= 15 is 0 Å². The number of amides is 1. The molecule has 1 aromatic heterocycles. The molecule has 1 aromatic rings. The number of carbonyl (C=O) groups is 1. The Kier molecular flexibility index (Phi) is 5.65. The lowest BCUT2D eigenvalue weighted by atomic mass is 10.2. The van der Waals surface area contributed by atoms with Crippen molar-refractivity contribution in [2.24, 2.45) is 0 Å². The Bertz CT molecular complexity index is 434. The van der Waals surface area contributed by atoms with E-state index in [0.29, 0.717) is 13.0 Å². The van der Waals surface area contributed by atoms with Gasteiger partial charge in [0.05, 0.1) is 4.92 Å². The molecule has 0 aliphatic carbocycles. The molecule has 0 aliphatic rings. The largest absolute Gasteiger partial charge is 0.354 e. The molecule has 0 aromatic carbocycles. The molecule has 8 heteroatoms. The summed E-state index contributed by atoms with van der Waals surface area (Å²) in [5, 5.41) is 16.1. The van der Waals surface area contributed by atoms with Gasteiger partial charge in [-0.1, -0.05) is 6.92 Å². The molecule has 8 nitrogen and oxygen atoms in total. The van der Waals surface area contributed by atoms with Crippen molar-refractivity contribution in [3.63, 3.8) is 0 Å². The highest BCUT2D eigenvalue weighted by molar-refractivity contribution is 5.76. The maximum Gasteiger partial charge on any atom is 0.305 e. The van der Waals surface area contributed by atoms with Gasteiger partial charge in [0, 0.05) is 19.0 Å². The molecule has 19 heavy (non-hydrogen) atoms. The van der Waals surface area contributed by atoms with Gasteiger partial charge < -0.3 is 10.6 Å². The third-order valence-electron chi connectivity index (χ3n) is 2.50. The summed E-state index contributed by atoms with van der Waals surface area (Å²) in [5.41, 5.74) is -0.167. The highest BCUT2D eigenvalue weighted by Gasteiger charge is 2.07. The second-order valence-electron chi connectivity index (χ2n) is 4.08. The number of hydrogen-bond acceptors (Lipinski definition) is 6. The molecule has 0 bridgehead atoms. The van der Waals surface area contributed by atoms with E-state index in [9.17, 15) is 14.9 Å². The summed E-state index contributed by atoms with van der Waals surface area (Å²) < 4.78 is 0. The van der Waals surface area contributed by atoms with Crippen molar-refractivity contribution in [2.75, 3.05) is 11.9 Å². The predicted molar refractivity (Wildman–Crippen MR) is 69.7 cm³/mol. The molecule has 0 radical (unpaired) electrons. The summed E-state index contributed by atoms with van der Waals surface area (Å²) in [7, 11) is 0. The van der Waals surface area contributed by atoms with Crippen LogP contribution in [-0.4, -0.2) is 33.4 Å². The summed E-state index contributed by atoms with van der Waals surface area (Å²) in [6, 6.07) is 0.156.